The quantitative estimate of drug-likeness (QED) is 0.745. The van der Waals surface area contributed by atoms with E-state index >= 15 is 0 Å². The summed E-state index contributed by atoms with van der Waals surface area (Å²) in [6, 6.07) is 12.6. The average Bonchev–Trinajstić information content (AvgIpc) is 3.06. The van der Waals surface area contributed by atoms with E-state index in [2.05, 4.69) is 15.4 Å². The van der Waals surface area contributed by atoms with Gasteiger partial charge in [-0.1, -0.05) is 41.7 Å². The van der Waals surface area contributed by atoms with E-state index in [4.69, 9.17) is 0 Å². The molecule has 1 N–H and O–H groups in total. The third-order valence-corrected chi connectivity index (χ3v) is 4.83. The monoisotopic (exact) mass is 383 g/mol. The first-order chi connectivity index (χ1) is 12.9. The number of urea groups is 1. The minimum absolute atomic E-state index is 0.0570. The van der Waals surface area contributed by atoms with Crippen LogP contribution in [0.3, 0.4) is 0 Å². The first kappa shape index (κ1) is 18.8. The van der Waals surface area contributed by atoms with Gasteiger partial charge in [0.2, 0.25) is 0 Å². The normalized spacial score (nSPS) is 10.9. The lowest BCUT2D eigenvalue weighted by Crippen LogP contribution is -2.27. The van der Waals surface area contributed by atoms with Crippen LogP contribution in [0.25, 0.3) is 21.8 Å². The van der Waals surface area contributed by atoms with E-state index in [1.807, 2.05) is 44.2 Å². The molecule has 2 heterocycles. The summed E-state index contributed by atoms with van der Waals surface area (Å²) in [5, 5.41) is 7.77. The molecule has 0 unspecified atom stereocenters. The lowest BCUT2D eigenvalue weighted by Gasteiger charge is -2.10. The van der Waals surface area contributed by atoms with E-state index < -0.39 is 0 Å². The fraction of sp³-hybridized carbons (Fsp3) is 0.263. The van der Waals surface area contributed by atoms with Gasteiger partial charge in [0.25, 0.3) is 5.56 Å². The van der Waals surface area contributed by atoms with Crippen molar-refractivity contribution in [1.82, 2.24) is 19.7 Å². The van der Waals surface area contributed by atoms with Gasteiger partial charge in [-0.2, -0.15) is 5.10 Å². The molecule has 0 radical (unpaired) electrons. The van der Waals surface area contributed by atoms with Crippen LogP contribution in [0.5, 0.6) is 0 Å². The Labute approximate surface area is 161 Å². The van der Waals surface area contributed by atoms with Crippen molar-refractivity contribution in [3.8, 4) is 21.8 Å². The smallest absolute Gasteiger partial charge is 0.323 e. The summed E-state index contributed by atoms with van der Waals surface area (Å²) in [4.78, 5) is 30.9. The molecule has 7 nitrogen and oxygen atoms in total. The minimum Gasteiger partial charge on any atom is -0.331 e. The van der Waals surface area contributed by atoms with Crippen LogP contribution in [0.1, 0.15) is 19.9 Å². The van der Waals surface area contributed by atoms with Gasteiger partial charge in [0.1, 0.15) is 5.69 Å². The highest BCUT2D eigenvalue weighted by Gasteiger charge is 2.19. The Hall–Kier alpha value is -3.00. The van der Waals surface area contributed by atoms with Gasteiger partial charge in [0.05, 0.1) is 16.6 Å². The molecule has 0 atom stereocenters. The van der Waals surface area contributed by atoms with Crippen molar-refractivity contribution in [3.63, 3.8) is 0 Å². The molecule has 0 aliphatic heterocycles. The third-order valence-electron chi connectivity index (χ3n) is 3.84. The summed E-state index contributed by atoms with van der Waals surface area (Å²) in [6.07, 6.45) is 0. The molecule has 3 aromatic rings. The topological polar surface area (TPSA) is 80.1 Å². The van der Waals surface area contributed by atoms with Crippen molar-refractivity contribution in [3.05, 3.63) is 52.8 Å². The van der Waals surface area contributed by atoms with Gasteiger partial charge < -0.3 is 4.90 Å². The number of carbonyl (C=O) groups excluding carboxylic acids is 1. The van der Waals surface area contributed by atoms with Crippen LogP contribution in [0, 0.1) is 0 Å². The lowest BCUT2D eigenvalue weighted by atomic mass is 10.1. The summed E-state index contributed by atoms with van der Waals surface area (Å²) in [5.41, 5.74) is 2.12. The number of benzene rings is 1. The molecular weight excluding hydrogens is 362 g/mol. The zero-order valence-electron chi connectivity index (χ0n) is 15.6. The van der Waals surface area contributed by atoms with Crippen LogP contribution >= 0.6 is 11.3 Å². The molecule has 0 saturated carbocycles. The van der Waals surface area contributed by atoms with Crippen LogP contribution in [0.2, 0.25) is 0 Å². The second-order valence-electron chi connectivity index (χ2n) is 6.48. The number of anilines is 1. The van der Waals surface area contributed by atoms with E-state index in [0.29, 0.717) is 10.8 Å². The van der Waals surface area contributed by atoms with Gasteiger partial charge in [-0.15, -0.1) is 0 Å². The van der Waals surface area contributed by atoms with Crippen molar-refractivity contribution in [2.24, 2.45) is 0 Å². The van der Waals surface area contributed by atoms with Gasteiger partial charge in [0, 0.05) is 25.7 Å². The van der Waals surface area contributed by atoms with E-state index in [-0.39, 0.29) is 17.6 Å². The van der Waals surface area contributed by atoms with Crippen LogP contribution in [-0.4, -0.2) is 39.8 Å². The molecule has 3 rings (SSSR count). The SMILES string of the molecule is CC(C)n1nc(-c2sc(NC(=O)N(C)C)nc2-c2ccccc2)ccc1=O. The molecular formula is C19H21N5O2S. The van der Waals surface area contributed by atoms with Crippen LogP contribution in [-0.2, 0) is 0 Å². The number of aromatic nitrogens is 3. The Morgan fingerprint density at radius 3 is 2.48 bits per heavy atom. The molecule has 0 spiro atoms. The highest BCUT2D eigenvalue weighted by atomic mass is 32.1. The lowest BCUT2D eigenvalue weighted by molar-refractivity contribution is 0.230. The largest absolute Gasteiger partial charge is 0.331 e. The van der Waals surface area contributed by atoms with Crippen LogP contribution in [0.4, 0.5) is 9.93 Å². The van der Waals surface area contributed by atoms with Gasteiger partial charge >= 0.3 is 6.03 Å². The second kappa shape index (κ2) is 7.71. The Morgan fingerprint density at radius 2 is 1.85 bits per heavy atom. The van der Waals surface area contributed by atoms with Crippen molar-refractivity contribution >= 4 is 22.5 Å². The molecule has 0 aliphatic rings. The van der Waals surface area contributed by atoms with Crippen molar-refractivity contribution in [2.75, 3.05) is 19.4 Å². The maximum absolute atomic E-state index is 12.1. The molecule has 8 heteroatoms. The molecule has 0 aliphatic carbocycles. The molecule has 1 aromatic carbocycles. The highest BCUT2D eigenvalue weighted by molar-refractivity contribution is 7.19. The predicted octanol–water partition coefficient (Wildman–Crippen LogP) is 3.71. The number of amides is 2. The van der Waals surface area contributed by atoms with Crippen LogP contribution < -0.4 is 10.9 Å². The van der Waals surface area contributed by atoms with E-state index in [1.54, 1.807) is 20.2 Å². The minimum atomic E-state index is -0.255. The highest BCUT2D eigenvalue weighted by Crippen LogP contribution is 2.38. The first-order valence-electron chi connectivity index (χ1n) is 8.51. The number of carbonyl (C=O) groups is 1. The standard InChI is InChI=1S/C19H21N5O2S/c1-12(2)24-15(25)11-10-14(22-24)17-16(13-8-6-5-7-9-13)20-18(27-17)21-19(26)23(3)4/h5-12H,1-4H3,(H,20,21,26). The number of nitrogens with one attached hydrogen (secondary N) is 1. The summed E-state index contributed by atoms with van der Waals surface area (Å²) >= 11 is 1.33. The fourth-order valence-electron chi connectivity index (χ4n) is 2.46. The third kappa shape index (κ3) is 4.06. The maximum Gasteiger partial charge on any atom is 0.323 e. The number of hydrogen-bond acceptors (Lipinski definition) is 5. The van der Waals surface area contributed by atoms with E-state index in [9.17, 15) is 9.59 Å². The zero-order valence-corrected chi connectivity index (χ0v) is 16.4. The summed E-state index contributed by atoms with van der Waals surface area (Å²) in [7, 11) is 3.34. The molecule has 2 aromatic heterocycles. The van der Waals surface area contributed by atoms with E-state index in [1.165, 1.54) is 27.0 Å². The van der Waals surface area contributed by atoms with Gasteiger partial charge in [-0.25, -0.2) is 14.5 Å². The maximum atomic E-state index is 12.1. The predicted molar refractivity (Wildman–Crippen MR) is 108 cm³/mol. The number of thiazole rings is 1. The van der Waals surface area contributed by atoms with E-state index in [0.717, 1.165) is 16.1 Å². The van der Waals surface area contributed by atoms with Gasteiger partial charge in [-0.05, 0) is 19.9 Å². The molecule has 140 valence electrons. The Balaban J connectivity index is 2.13. The Morgan fingerprint density at radius 1 is 1.15 bits per heavy atom. The van der Waals surface area contributed by atoms with Crippen molar-refractivity contribution < 1.29 is 4.79 Å². The summed E-state index contributed by atoms with van der Waals surface area (Å²) in [6.45, 7) is 3.82. The molecule has 2 amide bonds. The molecule has 27 heavy (non-hydrogen) atoms. The zero-order chi connectivity index (χ0) is 19.6. The Kier molecular flexibility index (Phi) is 5.36. The van der Waals surface area contributed by atoms with Crippen LogP contribution in [0.15, 0.2) is 47.3 Å². The molecule has 0 fully saturated rings. The average molecular weight is 383 g/mol. The number of hydrogen-bond donors (Lipinski definition) is 1. The fourth-order valence-corrected chi connectivity index (χ4v) is 3.40. The summed E-state index contributed by atoms with van der Waals surface area (Å²) < 4.78 is 1.45. The first-order valence-corrected chi connectivity index (χ1v) is 9.33. The van der Waals surface area contributed by atoms with Gasteiger partial charge in [0.15, 0.2) is 5.13 Å². The van der Waals surface area contributed by atoms with Crippen molar-refractivity contribution in [1.29, 1.82) is 0 Å². The number of rotatable bonds is 4. The Bertz CT molecular complexity index is 1010. The molecule has 0 saturated heterocycles. The second-order valence-corrected chi connectivity index (χ2v) is 7.48. The molecule has 0 bridgehead atoms. The number of nitrogens with zero attached hydrogens (tertiary/aromatic N) is 4. The summed E-state index contributed by atoms with van der Waals surface area (Å²) in [5.74, 6) is 0. The van der Waals surface area contributed by atoms with Crippen molar-refractivity contribution in [2.45, 2.75) is 19.9 Å². The van der Waals surface area contributed by atoms with Gasteiger partial charge in [-0.3, -0.25) is 10.1 Å².